The Balaban J connectivity index is 2.22. The topological polar surface area (TPSA) is 42.7 Å². The van der Waals surface area contributed by atoms with Gasteiger partial charge in [0.1, 0.15) is 5.82 Å². The fraction of sp³-hybridized carbons (Fsp3) is 0.800. The number of aromatic nitrogens is 3. The van der Waals surface area contributed by atoms with Crippen molar-refractivity contribution in [3.8, 4) is 0 Å². The molecule has 1 aromatic heterocycles. The molecule has 0 spiro atoms. The molecule has 4 heteroatoms. The van der Waals surface area contributed by atoms with E-state index < -0.39 is 0 Å². The summed E-state index contributed by atoms with van der Waals surface area (Å²) in [6, 6.07) is 0. The minimum Gasteiger partial charge on any atom is -0.316 e. The SMILES string of the molecule is CC(C)c1nc(C2CCNC2)nn1C. The van der Waals surface area contributed by atoms with E-state index in [0.717, 1.165) is 24.7 Å². The second kappa shape index (κ2) is 3.69. The van der Waals surface area contributed by atoms with Crippen LogP contribution in [0.1, 0.15) is 43.8 Å². The number of nitrogens with one attached hydrogen (secondary N) is 1. The Hall–Kier alpha value is -0.900. The molecule has 1 aromatic rings. The van der Waals surface area contributed by atoms with E-state index in [9.17, 15) is 0 Å². The van der Waals surface area contributed by atoms with Crippen molar-refractivity contribution in [2.24, 2.45) is 7.05 Å². The minimum absolute atomic E-state index is 0.454. The van der Waals surface area contributed by atoms with Crippen LogP contribution >= 0.6 is 0 Å². The highest BCUT2D eigenvalue weighted by molar-refractivity contribution is 5.04. The van der Waals surface area contributed by atoms with E-state index in [1.165, 1.54) is 6.42 Å². The molecule has 1 saturated heterocycles. The van der Waals surface area contributed by atoms with E-state index in [1.807, 2.05) is 11.7 Å². The van der Waals surface area contributed by atoms with Gasteiger partial charge in [0, 0.05) is 25.4 Å². The van der Waals surface area contributed by atoms with Gasteiger partial charge in [0.2, 0.25) is 0 Å². The van der Waals surface area contributed by atoms with E-state index in [0.29, 0.717) is 11.8 Å². The number of aryl methyl sites for hydroxylation is 1. The molecule has 0 saturated carbocycles. The molecule has 2 heterocycles. The van der Waals surface area contributed by atoms with E-state index in [-0.39, 0.29) is 0 Å². The first-order valence-electron chi connectivity index (χ1n) is 5.30. The van der Waals surface area contributed by atoms with Crippen LogP contribution < -0.4 is 5.32 Å². The zero-order chi connectivity index (χ0) is 10.1. The molecule has 1 N–H and O–H groups in total. The second-order valence-electron chi connectivity index (χ2n) is 4.30. The zero-order valence-electron chi connectivity index (χ0n) is 9.12. The molecule has 1 fully saturated rings. The molecule has 0 aromatic carbocycles. The maximum absolute atomic E-state index is 4.60. The van der Waals surface area contributed by atoms with Gasteiger partial charge in [-0.15, -0.1) is 0 Å². The summed E-state index contributed by atoms with van der Waals surface area (Å²) in [5.74, 6) is 3.08. The molecule has 0 amide bonds. The molecule has 1 atom stereocenters. The van der Waals surface area contributed by atoms with Gasteiger partial charge in [-0.3, -0.25) is 4.68 Å². The van der Waals surface area contributed by atoms with Crippen molar-refractivity contribution < 1.29 is 0 Å². The van der Waals surface area contributed by atoms with Crippen LogP contribution in [0.25, 0.3) is 0 Å². The number of hydrogen-bond acceptors (Lipinski definition) is 3. The molecule has 1 aliphatic rings. The van der Waals surface area contributed by atoms with Crippen molar-refractivity contribution >= 4 is 0 Å². The van der Waals surface area contributed by atoms with Gasteiger partial charge in [-0.25, -0.2) is 4.98 Å². The average molecular weight is 194 g/mol. The lowest BCUT2D eigenvalue weighted by atomic mass is 10.1. The van der Waals surface area contributed by atoms with Crippen molar-refractivity contribution in [3.05, 3.63) is 11.6 Å². The highest BCUT2D eigenvalue weighted by Crippen LogP contribution is 2.21. The summed E-state index contributed by atoms with van der Waals surface area (Å²) in [5, 5.41) is 7.82. The van der Waals surface area contributed by atoms with E-state index in [4.69, 9.17) is 0 Å². The Bertz CT molecular complexity index is 310. The lowest BCUT2D eigenvalue weighted by molar-refractivity contribution is 0.641. The predicted octanol–water partition coefficient (Wildman–Crippen LogP) is 1.02. The van der Waals surface area contributed by atoms with Gasteiger partial charge in [0.25, 0.3) is 0 Å². The summed E-state index contributed by atoms with van der Waals surface area (Å²) < 4.78 is 1.92. The lowest BCUT2D eigenvalue weighted by Crippen LogP contribution is -2.09. The predicted molar refractivity (Wildman–Crippen MR) is 55.3 cm³/mol. The van der Waals surface area contributed by atoms with E-state index >= 15 is 0 Å². The third kappa shape index (κ3) is 1.66. The summed E-state index contributed by atoms with van der Waals surface area (Å²) in [7, 11) is 1.98. The van der Waals surface area contributed by atoms with Crippen LogP contribution in [0.4, 0.5) is 0 Å². The maximum atomic E-state index is 4.60. The third-order valence-corrected chi connectivity index (χ3v) is 2.75. The third-order valence-electron chi connectivity index (χ3n) is 2.75. The molecule has 1 unspecified atom stereocenters. The van der Waals surface area contributed by atoms with Crippen LogP contribution in [0.3, 0.4) is 0 Å². The van der Waals surface area contributed by atoms with Crippen LogP contribution in [0.5, 0.6) is 0 Å². The normalized spacial score (nSPS) is 22.1. The van der Waals surface area contributed by atoms with Gasteiger partial charge < -0.3 is 5.32 Å². The first kappa shape index (κ1) is 9.65. The quantitative estimate of drug-likeness (QED) is 0.764. The van der Waals surface area contributed by atoms with Crippen LogP contribution in [-0.2, 0) is 7.05 Å². The van der Waals surface area contributed by atoms with Gasteiger partial charge in [0.05, 0.1) is 0 Å². The standard InChI is InChI=1S/C10H18N4/c1-7(2)10-12-9(13-14(10)3)8-4-5-11-6-8/h7-8,11H,4-6H2,1-3H3. The van der Waals surface area contributed by atoms with Crippen molar-refractivity contribution in [2.75, 3.05) is 13.1 Å². The fourth-order valence-electron chi connectivity index (χ4n) is 1.97. The smallest absolute Gasteiger partial charge is 0.155 e. The molecule has 78 valence electrons. The molecular formula is C10H18N4. The van der Waals surface area contributed by atoms with Gasteiger partial charge in [-0.1, -0.05) is 13.8 Å². The molecular weight excluding hydrogens is 176 g/mol. The summed E-state index contributed by atoms with van der Waals surface area (Å²) in [6.07, 6.45) is 1.17. The van der Waals surface area contributed by atoms with E-state index in [1.54, 1.807) is 0 Å². The molecule has 2 rings (SSSR count). The van der Waals surface area contributed by atoms with Crippen molar-refractivity contribution in [1.82, 2.24) is 20.1 Å². The summed E-state index contributed by atoms with van der Waals surface area (Å²) in [5.41, 5.74) is 0. The molecule has 1 aliphatic heterocycles. The summed E-state index contributed by atoms with van der Waals surface area (Å²) >= 11 is 0. The monoisotopic (exact) mass is 194 g/mol. The molecule has 0 radical (unpaired) electrons. The first-order chi connectivity index (χ1) is 6.68. The van der Waals surface area contributed by atoms with E-state index in [2.05, 4.69) is 29.2 Å². The Kier molecular flexibility index (Phi) is 2.54. The Morgan fingerprint density at radius 3 is 2.79 bits per heavy atom. The Morgan fingerprint density at radius 2 is 2.29 bits per heavy atom. The first-order valence-corrected chi connectivity index (χ1v) is 5.30. The number of rotatable bonds is 2. The van der Waals surface area contributed by atoms with Crippen LogP contribution in [0, 0.1) is 0 Å². The second-order valence-corrected chi connectivity index (χ2v) is 4.30. The summed E-state index contributed by atoms with van der Waals surface area (Å²) in [6.45, 7) is 6.43. The van der Waals surface area contributed by atoms with Crippen LogP contribution in [-0.4, -0.2) is 27.9 Å². The molecule has 14 heavy (non-hydrogen) atoms. The van der Waals surface area contributed by atoms with Crippen molar-refractivity contribution in [1.29, 1.82) is 0 Å². The largest absolute Gasteiger partial charge is 0.316 e. The lowest BCUT2D eigenvalue weighted by Gasteiger charge is -2.01. The van der Waals surface area contributed by atoms with Gasteiger partial charge in [-0.05, 0) is 13.0 Å². The molecule has 4 nitrogen and oxygen atoms in total. The highest BCUT2D eigenvalue weighted by atomic mass is 15.3. The number of hydrogen-bond donors (Lipinski definition) is 1. The van der Waals surface area contributed by atoms with Crippen molar-refractivity contribution in [2.45, 2.75) is 32.1 Å². The fourth-order valence-corrected chi connectivity index (χ4v) is 1.97. The van der Waals surface area contributed by atoms with Crippen molar-refractivity contribution in [3.63, 3.8) is 0 Å². The summed E-state index contributed by atoms with van der Waals surface area (Å²) in [4.78, 5) is 4.60. The van der Waals surface area contributed by atoms with Crippen LogP contribution in [0.2, 0.25) is 0 Å². The number of nitrogens with zero attached hydrogens (tertiary/aromatic N) is 3. The van der Waals surface area contributed by atoms with Gasteiger partial charge >= 0.3 is 0 Å². The molecule has 0 bridgehead atoms. The molecule has 0 aliphatic carbocycles. The van der Waals surface area contributed by atoms with Crippen LogP contribution in [0.15, 0.2) is 0 Å². The highest BCUT2D eigenvalue weighted by Gasteiger charge is 2.22. The average Bonchev–Trinajstić information content (AvgIpc) is 2.70. The Labute approximate surface area is 84.7 Å². The maximum Gasteiger partial charge on any atom is 0.155 e. The minimum atomic E-state index is 0.454. The van der Waals surface area contributed by atoms with Gasteiger partial charge in [-0.2, -0.15) is 5.10 Å². The zero-order valence-corrected chi connectivity index (χ0v) is 9.12. The van der Waals surface area contributed by atoms with Gasteiger partial charge in [0.15, 0.2) is 5.82 Å². The Morgan fingerprint density at radius 1 is 1.50 bits per heavy atom.